The molecule has 0 heterocycles. The van der Waals surface area contributed by atoms with Crippen LogP contribution in [-0.2, 0) is 9.53 Å². The summed E-state index contributed by atoms with van der Waals surface area (Å²) >= 11 is 0. The Kier molecular flexibility index (Phi) is 5.83. The zero-order chi connectivity index (χ0) is 12.1. The zero-order valence-electron chi connectivity index (χ0n) is 10.3. The van der Waals surface area contributed by atoms with Gasteiger partial charge in [-0.2, -0.15) is 0 Å². The minimum absolute atomic E-state index is 0.0282. The summed E-state index contributed by atoms with van der Waals surface area (Å²) in [5, 5.41) is 12.0. The zero-order valence-corrected chi connectivity index (χ0v) is 10.3. The molecule has 0 unspecified atom stereocenters. The summed E-state index contributed by atoms with van der Waals surface area (Å²) < 4.78 is 5.13. The van der Waals surface area contributed by atoms with Crippen molar-refractivity contribution in [2.75, 3.05) is 13.2 Å². The van der Waals surface area contributed by atoms with E-state index in [1.165, 1.54) is 0 Å². The van der Waals surface area contributed by atoms with Gasteiger partial charge in [0.1, 0.15) is 5.60 Å². The molecule has 0 aliphatic heterocycles. The summed E-state index contributed by atoms with van der Waals surface area (Å²) in [5.74, 6) is -0.000892. The molecule has 15 heavy (non-hydrogen) atoms. The van der Waals surface area contributed by atoms with E-state index in [1.807, 2.05) is 34.6 Å². The molecule has 4 nitrogen and oxygen atoms in total. The number of hydrogen-bond donors (Lipinski definition) is 2. The molecule has 4 heteroatoms. The second-order valence-corrected chi connectivity index (χ2v) is 5.00. The standard InChI is InChI=1S/C11H23NO3/c1-8(2)9(7-13)12-6-10(14)15-11(3,4)5/h8-9,12-13H,6-7H2,1-5H3/t9-/m1/s1. The lowest BCUT2D eigenvalue weighted by molar-refractivity contribution is -0.153. The van der Waals surface area contributed by atoms with Crippen LogP contribution in [-0.4, -0.2) is 35.9 Å². The lowest BCUT2D eigenvalue weighted by Gasteiger charge is -2.22. The van der Waals surface area contributed by atoms with Crippen LogP contribution in [0.25, 0.3) is 0 Å². The van der Waals surface area contributed by atoms with Gasteiger partial charge in [-0.3, -0.25) is 4.79 Å². The maximum absolute atomic E-state index is 11.3. The molecule has 0 fully saturated rings. The Bertz CT molecular complexity index is 196. The third-order valence-electron chi connectivity index (χ3n) is 1.93. The summed E-state index contributed by atoms with van der Waals surface area (Å²) in [6.07, 6.45) is 0. The second kappa shape index (κ2) is 6.08. The first-order chi connectivity index (χ1) is 6.76. The van der Waals surface area contributed by atoms with Crippen molar-refractivity contribution in [3.63, 3.8) is 0 Å². The van der Waals surface area contributed by atoms with Gasteiger partial charge in [0.15, 0.2) is 0 Å². The molecule has 0 amide bonds. The number of nitrogens with one attached hydrogen (secondary N) is 1. The van der Waals surface area contributed by atoms with Crippen molar-refractivity contribution in [2.45, 2.75) is 46.3 Å². The number of rotatable bonds is 5. The molecule has 0 rings (SSSR count). The number of carbonyl (C=O) groups excluding carboxylic acids is 1. The smallest absolute Gasteiger partial charge is 0.320 e. The number of carbonyl (C=O) groups is 1. The highest BCUT2D eigenvalue weighted by molar-refractivity contribution is 5.72. The van der Waals surface area contributed by atoms with E-state index in [9.17, 15) is 4.79 Å². The lowest BCUT2D eigenvalue weighted by Crippen LogP contribution is -2.41. The number of aliphatic hydroxyl groups is 1. The van der Waals surface area contributed by atoms with Gasteiger partial charge in [0.05, 0.1) is 13.2 Å². The molecule has 0 bridgehead atoms. The first-order valence-corrected chi connectivity index (χ1v) is 5.32. The third-order valence-corrected chi connectivity index (χ3v) is 1.93. The first-order valence-electron chi connectivity index (χ1n) is 5.32. The van der Waals surface area contributed by atoms with Crippen LogP contribution in [0.1, 0.15) is 34.6 Å². The third kappa shape index (κ3) is 7.33. The Labute approximate surface area is 92.0 Å². The van der Waals surface area contributed by atoms with Crippen molar-refractivity contribution in [2.24, 2.45) is 5.92 Å². The van der Waals surface area contributed by atoms with E-state index in [2.05, 4.69) is 5.32 Å². The summed E-state index contributed by atoms with van der Waals surface area (Å²) in [4.78, 5) is 11.3. The molecule has 0 spiro atoms. The van der Waals surface area contributed by atoms with E-state index >= 15 is 0 Å². The summed E-state index contributed by atoms with van der Waals surface area (Å²) in [5.41, 5.74) is -0.453. The largest absolute Gasteiger partial charge is 0.459 e. The Morgan fingerprint density at radius 1 is 1.40 bits per heavy atom. The fourth-order valence-electron chi connectivity index (χ4n) is 1.10. The van der Waals surface area contributed by atoms with Gasteiger partial charge in [-0.05, 0) is 26.7 Å². The Morgan fingerprint density at radius 3 is 2.27 bits per heavy atom. The van der Waals surface area contributed by atoms with Crippen molar-refractivity contribution in [3.8, 4) is 0 Å². The van der Waals surface area contributed by atoms with Crippen LogP contribution in [0.4, 0.5) is 0 Å². The molecule has 0 aromatic heterocycles. The van der Waals surface area contributed by atoms with Crippen LogP contribution in [0.3, 0.4) is 0 Å². The Morgan fingerprint density at radius 2 is 1.93 bits per heavy atom. The highest BCUT2D eigenvalue weighted by atomic mass is 16.6. The van der Waals surface area contributed by atoms with Gasteiger partial charge in [0.2, 0.25) is 0 Å². The average Bonchev–Trinajstić information content (AvgIpc) is 2.01. The number of hydrogen-bond acceptors (Lipinski definition) is 4. The highest BCUT2D eigenvalue weighted by Gasteiger charge is 2.18. The maximum atomic E-state index is 11.3. The summed E-state index contributed by atoms with van der Waals surface area (Å²) in [6.45, 7) is 9.64. The molecule has 1 atom stereocenters. The first kappa shape index (κ1) is 14.4. The van der Waals surface area contributed by atoms with Crippen molar-refractivity contribution >= 4 is 5.97 Å². The van der Waals surface area contributed by atoms with Crippen LogP contribution >= 0.6 is 0 Å². The van der Waals surface area contributed by atoms with Gasteiger partial charge in [-0.15, -0.1) is 0 Å². The highest BCUT2D eigenvalue weighted by Crippen LogP contribution is 2.06. The fraction of sp³-hybridized carbons (Fsp3) is 0.909. The predicted molar refractivity (Wildman–Crippen MR) is 59.6 cm³/mol. The van der Waals surface area contributed by atoms with Crippen molar-refractivity contribution < 1.29 is 14.6 Å². The minimum atomic E-state index is -0.453. The van der Waals surface area contributed by atoms with Crippen molar-refractivity contribution in [3.05, 3.63) is 0 Å². The van der Waals surface area contributed by atoms with Crippen LogP contribution in [0.2, 0.25) is 0 Å². The van der Waals surface area contributed by atoms with Crippen LogP contribution in [0.5, 0.6) is 0 Å². The second-order valence-electron chi connectivity index (χ2n) is 5.00. The number of ether oxygens (including phenoxy) is 1. The van der Waals surface area contributed by atoms with Gasteiger partial charge in [-0.25, -0.2) is 0 Å². The lowest BCUT2D eigenvalue weighted by atomic mass is 10.1. The number of esters is 1. The van der Waals surface area contributed by atoms with Gasteiger partial charge in [-0.1, -0.05) is 13.8 Å². The van der Waals surface area contributed by atoms with E-state index in [0.29, 0.717) is 0 Å². The van der Waals surface area contributed by atoms with Gasteiger partial charge < -0.3 is 15.2 Å². The van der Waals surface area contributed by atoms with E-state index in [1.54, 1.807) is 0 Å². The average molecular weight is 217 g/mol. The maximum Gasteiger partial charge on any atom is 0.320 e. The van der Waals surface area contributed by atoms with Crippen molar-refractivity contribution in [1.82, 2.24) is 5.32 Å². The molecule has 0 radical (unpaired) electrons. The molecule has 2 N–H and O–H groups in total. The molecular weight excluding hydrogens is 194 g/mol. The monoisotopic (exact) mass is 217 g/mol. The number of aliphatic hydroxyl groups excluding tert-OH is 1. The predicted octanol–water partition coefficient (Wildman–Crippen LogP) is 0.935. The quantitative estimate of drug-likeness (QED) is 0.673. The fourth-order valence-corrected chi connectivity index (χ4v) is 1.10. The summed E-state index contributed by atoms with van der Waals surface area (Å²) in [6, 6.07) is -0.0579. The van der Waals surface area contributed by atoms with E-state index < -0.39 is 5.60 Å². The van der Waals surface area contributed by atoms with E-state index in [0.717, 1.165) is 0 Å². The Hall–Kier alpha value is -0.610. The van der Waals surface area contributed by atoms with E-state index in [4.69, 9.17) is 9.84 Å². The molecule has 0 aromatic rings. The molecule has 0 saturated heterocycles. The summed E-state index contributed by atoms with van der Waals surface area (Å²) in [7, 11) is 0. The van der Waals surface area contributed by atoms with Crippen LogP contribution < -0.4 is 5.32 Å². The van der Waals surface area contributed by atoms with Gasteiger partial charge in [0, 0.05) is 6.04 Å². The Balaban J connectivity index is 3.89. The van der Waals surface area contributed by atoms with Crippen molar-refractivity contribution in [1.29, 1.82) is 0 Å². The van der Waals surface area contributed by atoms with Crippen LogP contribution in [0.15, 0.2) is 0 Å². The molecule has 0 saturated carbocycles. The van der Waals surface area contributed by atoms with Gasteiger partial charge in [0.25, 0.3) is 0 Å². The topological polar surface area (TPSA) is 58.6 Å². The SMILES string of the molecule is CC(C)[C@@H](CO)NCC(=O)OC(C)(C)C. The molecule has 0 aliphatic rings. The molecular formula is C11H23NO3. The molecule has 0 aromatic carbocycles. The normalized spacial score (nSPS) is 14.1. The molecule has 0 aliphatic carbocycles. The van der Waals surface area contributed by atoms with E-state index in [-0.39, 0.29) is 31.1 Å². The van der Waals surface area contributed by atoms with Crippen LogP contribution in [0, 0.1) is 5.92 Å². The molecule has 90 valence electrons. The minimum Gasteiger partial charge on any atom is -0.459 e. The van der Waals surface area contributed by atoms with Gasteiger partial charge >= 0.3 is 5.97 Å².